The minimum atomic E-state index is -0.675. The van der Waals surface area contributed by atoms with Crippen LogP contribution < -0.4 is 16.7 Å². The molecule has 1 atom stereocenters. The van der Waals surface area contributed by atoms with E-state index in [1.54, 1.807) is 25.2 Å². The Kier molecular flexibility index (Phi) is 2.63. The number of fused-ring (bicyclic) bond motifs is 1. The number of nitrogens with one attached hydrogen (secondary N) is 1. The van der Waals surface area contributed by atoms with E-state index in [1.807, 2.05) is 0 Å². The third-order valence-corrected chi connectivity index (χ3v) is 3.66. The molecule has 20 heavy (non-hydrogen) atoms. The maximum absolute atomic E-state index is 12.4. The van der Waals surface area contributed by atoms with Gasteiger partial charge in [-0.15, -0.1) is 0 Å². The number of amides is 2. The predicted octanol–water partition coefficient (Wildman–Crippen LogP) is -0.100. The number of imidazole rings is 1. The highest BCUT2D eigenvalue weighted by Crippen LogP contribution is 2.25. The summed E-state index contributed by atoms with van der Waals surface area (Å²) in [5.41, 5.74) is 7.27. The Morgan fingerprint density at radius 2 is 2.05 bits per heavy atom. The molecule has 0 spiro atoms. The minimum absolute atomic E-state index is 0.224. The van der Waals surface area contributed by atoms with Gasteiger partial charge in [0.2, 0.25) is 11.8 Å². The molecule has 2 amide bonds. The third-order valence-electron chi connectivity index (χ3n) is 3.66. The average Bonchev–Trinajstić information content (AvgIpc) is 2.64. The van der Waals surface area contributed by atoms with E-state index >= 15 is 0 Å². The third kappa shape index (κ3) is 1.63. The molecular formula is C13H14N4O3. The van der Waals surface area contributed by atoms with Crippen molar-refractivity contribution in [2.24, 2.45) is 7.05 Å². The zero-order valence-electron chi connectivity index (χ0n) is 10.9. The van der Waals surface area contributed by atoms with Gasteiger partial charge in [0.1, 0.15) is 6.04 Å². The molecular weight excluding hydrogens is 260 g/mol. The highest BCUT2D eigenvalue weighted by molar-refractivity contribution is 6.00. The summed E-state index contributed by atoms with van der Waals surface area (Å²) in [6.07, 6.45) is 0.542. The minimum Gasteiger partial charge on any atom is -0.397 e. The summed E-state index contributed by atoms with van der Waals surface area (Å²) in [7, 11) is 1.61. The molecule has 1 aromatic carbocycles. The number of carbonyl (C=O) groups excluding carboxylic acids is 2. The smallest absolute Gasteiger partial charge is 0.329 e. The van der Waals surface area contributed by atoms with Crippen molar-refractivity contribution >= 4 is 28.5 Å². The first-order valence-electron chi connectivity index (χ1n) is 6.30. The van der Waals surface area contributed by atoms with Gasteiger partial charge in [0.05, 0.1) is 16.7 Å². The van der Waals surface area contributed by atoms with E-state index in [9.17, 15) is 14.4 Å². The second-order valence-corrected chi connectivity index (χ2v) is 4.89. The van der Waals surface area contributed by atoms with Crippen molar-refractivity contribution in [2.75, 3.05) is 5.73 Å². The van der Waals surface area contributed by atoms with Gasteiger partial charge in [-0.1, -0.05) is 6.07 Å². The Morgan fingerprint density at radius 1 is 1.30 bits per heavy atom. The number of piperidine rings is 1. The molecule has 7 heteroatoms. The van der Waals surface area contributed by atoms with Crippen LogP contribution >= 0.6 is 0 Å². The zero-order chi connectivity index (χ0) is 14.4. The van der Waals surface area contributed by atoms with Gasteiger partial charge in [-0.2, -0.15) is 0 Å². The molecule has 0 radical (unpaired) electrons. The summed E-state index contributed by atoms with van der Waals surface area (Å²) in [5, 5.41) is 2.27. The zero-order valence-corrected chi connectivity index (χ0v) is 10.9. The lowest BCUT2D eigenvalue weighted by Gasteiger charge is -2.21. The number of nitrogens with two attached hydrogens (primary N) is 1. The number of hydrogen-bond donors (Lipinski definition) is 2. The number of benzene rings is 1. The number of hydrogen-bond acceptors (Lipinski definition) is 4. The molecule has 1 aromatic heterocycles. The predicted molar refractivity (Wildman–Crippen MR) is 73.0 cm³/mol. The fourth-order valence-corrected chi connectivity index (χ4v) is 2.70. The highest BCUT2D eigenvalue weighted by Gasteiger charge is 2.31. The van der Waals surface area contributed by atoms with Gasteiger partial charge in [0, 0.05) is 13.5 Å². The second-order valence-electron chi connectivity index (χ2n) is 4.89. The SMILES string of the molecule is Cn1c(=O)n(C2CCC(=O)NC2=O)c2cccc(N)c21. The molecule has 2 aromatic rings. The fraction of sp³-hybridized carbons (Fsp3) is 0.308. The Balaban J connectivity index is 2.25. The summed E-state index contributed by atoms with van der Waals surface area (Å²) in [6.45, 7) is 0. The van der Waals surface area contributed by atoms with E-state index in [0.717, 1.165) is 0 Å². The standard InChI is InChI=1S/C13H14N4O3/c1-16-11-7(14)3-2-4-8(11)17(13(16)20)9-5-6-10(18)15-12(9)19/h2-4,9H,5-6,14H2,1H3,(H,15,18,19). The van der Waals surface area contributed by atoms with E-state index in [0.29, 0.717) is 23.1 Å². The molecule has 3 rings (SSSR count). The molecule has 3 N–H and O–H groups in total. The first-order chi connectivity index (χ1) is 9.50. The maximum Gasteiger partial charge on any atom is 0.329 e. The van der Waals surface area contributed by atoms with Crippen LogP contribution in [0.5, 0.6) is 0 Å². The van der Waals surface area contributed by atoms with Gasteiger partial charge in [0.25, 0.3) is 0 Å². The number of aryl methyl sites for hydroxylation is 1. The number of rotatable bonds is 1. The Morgan fingerprint density at radius 3 is 2.75 bits per heavy atom. The van der Waals surface area contributed by atoms with Gasteiger partial charge < -0.3 is 5.73 Å². The van der Waals surface area contributed by atoms with Crippen LogP contribution in [-0.2, 0) is 16.6 Å². The van der Waals surface area contributed by atoms with Gasteiger partial charge in [-0.3, -0.25) is 24.0 Å². The molecule has 0 bridgehead atoms. The lowest BCUT2D eigenvalue weighted by Crippen LogP contribution is -2.44. The number of nitrogens with zero attached hydrogens (tertiary/aromatic N) is 2. The van der Waals surface area contributed by atoms with Crippen molar-refractivity contribution in [3.05, 3.63) is 28.7 Å². The van der Waals surface area contributed by atoms with Crippen LogP contribution in [0.2, 0.25) is 0 Å². The quantitative estimate of drug-likeness (QED) is 0.560. The number of aromatic nitrogens is 2. The Bertz CT molecular complexity index is 787. The Labute approximate surface area is 114 Å². The van der Waals surface area contributed by atoms with E-state index in [-0.39, 0.29) is 18.0 Å². The van der Waals surface area contributed by atoms with Crippen molar-refractivity contribution in [3.63, 3.8) is 0 Å². The van der Waals surface area contributed by atoms with E-state index in [2.05, 4.69) is 5.32 Å². The summed E-state index contributed by atoms with van der Waals surface area (Å²) < 4.78 is 2.84. The van der Waals surface area contributed by atoms with Gasteiger partial charge in [-0.05, 0) is 18.6 Å². The second kappa shape index (κ2) is 4.22. The highest BCUT2D eigenvalue weighted by atomic mass is 16.2. The number of carbonyl (C=O) groups is 2. The fourth-order valence-electron chi connectivity index (χ4n) is 2.70. The number of imide groups is 1. The summed E-state index contributed by atoms with van der Waals surface area (Å²) in [6, 6.07) is 4.51. The van der Waals surface area contributed by atoms with Crippen LogP contribution in [0, 0.1) is 0 Å². The van der Waals surface area contributed by atoms with Crippen molar-refractivity contribution in [2.45, 2.75) is 18.9 Å². The molecule has 1 aliphatic heterocycles. The first kappa shape index (κ1) is 12.5. The number of nitrogen functional groups attached to an aromatic ring is 1. The molecule has 7 nitrogen and oxygen atoms in total. The van der Waals surface area contributed by atoms with Crippen LogP contribution in [0.3, 0.4) is 0 Å². The summed E-state index contributed by atoms with van der Waals surface area (Å²) in [5.74, 6) is -0.752. The van der Waals surface area contributed by atoms with Crippen LogP contribution in [0.4, 0.5) is 5.69 Å². The van der Waals surface area contributed by atoms with Crippen LogP contribution in [0.25, 0.3) is 11.0 Å². The van der Waals surface area contributed by atoms with E-state index in [4.69, 9.17) is 5.73 Å². The molecule has 0 saturated carbocycles. The summed E-state index contributed by atoms with van der Waals surface area (Å²) in [4.78, 5) is 35.5. The van der Waals surface area contributed by atoms with Crippen LogP contribution in [0.15, 0.2) is 23.0 Å². The van der Waals surface area contributed by atoms with Crippen LogP contribution in [-0.4, -0.2) is 20.9 Å². The number of para-hydroxylation sites is 1. The maximum atomic E-state index is 12.4. The molecule has 104 valence electrons. The lowest BCUT2D eigenvalue weighted by molar-refractivity contribution is -0.135. The van der Waals surface area contributed by atoms with E-state index < -0.39 is 11.9 Å². The molecule has 2 heterocycles. The molecule has 1 aliphatic rings. The average molecular weight is 274 g/mol. The van der Waals surface area contributed by atoms with Crippen molar-refractivity contribution < 1.29 is 9.59 Å². The topological polar surface area (TPSA) is 99.1 Å². The monoisotopic (exact) mass is 274 g/mol. The van der Waals surface area contributed by atoms with Gasteiger partial charge >= 0.3 is 5.69 Å². The first-order valence-corrected chi connectivity index (χ1v) is 6.30. The molecule has 0 aliphatic carbocycles. The van der Waals surface area contributed by atoms with Crippen molar-refractivity contribution in [1.82, 2.24) is 14.5 Å². The molecule has 1 saturated heterocycles. The normalized spacial score (nSPS) is 19.4. The molecule has 1 fully saturated rings. The van der Waals surface area contributed by atoms with Gasteiger partial charge in [0.15, 0.2) is 0 Å². The summed E-state index contributed by atoms with van der Waals surface area (Å²) >= 11 is 0. The van der Waals surface area contributed by atoms with Crippen molar-refractivity contribution in [3.8, 4) is 0 Å². The van der Waals surface area contributed by atoms with Crippen molar-refractivity contribution in [1.29, 1.82) is 0 Å². The number of anilines is 1. The Hall–Kier alpha value is -2.57. The lowest BCUT2D eigenvalue weighted by atomic mass is 10.1. The molecule has 1 unspecified atom stereocenters. The van der Waals surface area contributed by atoms with E-state index in [1.165, 1.54) is 9.13 Å². The van der Waals surface area contributed by atoms with Gasteiger partial charge in [-0.25, -0.2) is 4.79 Å². The largest absolute Gasteiger partial charge is 0.397 e. The van der Waals surface area contributed by atoms with Crippen LogP contribution in [0.1, 0.15) is 18.9 Å².